The highest BCUT2D eigenvalue weighted by Gasteiger charge is 2.32. The molecule has 0 unspecified atom stereocenters. The second-order valence-corrected chi connectivity index (χ2v) is 7.84. The van der Waals surface area contributed by atoms with Crippen LogP contribution in [0.2, 0.25) is 0 Å². The first-order valence-corrected chi connectivity index (χ1v) is 9.76. The molecular formula is C21H28N4O. The third kappa shape index (κ3) is 3.00. The summed E-state index contributed by atoms with van der Waals surface area (Å²) in [4.78, 5) is 15.4. The fraction of sp³-hybridized carbons (Fsp3) is 0.524. The van der Waals surface area contributed by atoms with Crippen molar-refractivity contribution in [2.24, 2.45) is 18.9 Å². The van der Waals surface area contributed by atoms with Crippen LogP contribution >= 0.6 is 0 Å². The molecule has 1 saturated carbocycles. The van der Waals surface area contributed by atoms with Crippen LogP contribution in [0.15, 0.2) is 24.4 Å². The Bertz CT molecular complexity index is 817. The lowest BCUT2D eigenvalue weighted by atomic mass is 9.80. The minimum atomic E-state index is 0.144. The van der Waals surface area contributed by atoms with E-state index in [1.165, 1.54) is 24.8 Å². The van der Waals surface area contributed by atoms with E-state index in [9.17, 15) is 4.79 Å². The normalized spacial score (nSPS) is 22.2. The number of carbonyl (C=O) groups excluding carboxylic acids is 1. The average Bonchev–Trinajstić information content (AvgIpc) is 2.90. The standard InChI is InChI=1S/C21H28N4O/c1-4-15-6-8-16(9-7-15)21(26)25-13-17-12-22-24(3)20(17)23-18-11-14(2)5-10-19(18)25/h5,10-12,15-16,23H,4,6-9,13H2,1-3H3. The van der Waals surface area contributed by atoms with Crippen molar-refractivity contribution >= 4 is 23.1 Å². The van der Waals surface area contributed by atoms with E-state index in [2.05, 4.69) is 42.5 Å². The van der Waals surface area contributed by atoms with E-state index in [-0.39, 0.29) is 11.8 Å². The maximum absolute atomic E-state index is 13.4. The fourth-order valence-electron chi connectivity index (χ4n) is 4.36. The number of aryl methyl sites for hydroxylation is 2. The lowest BCUT2D eigenvalue weighted by molar-refractivity contribution is -0.123. The van der Waals surface area contributed by atoms with Crippen LogP contribution in [-0.2, 0) is 18.4 Å². The number of nitrogens with zero attached hydrogens (tertiary/aromatic N) is 3. The Morgan fingerprint density at radius 2 is 2.04 bits per heavy atom. The van der Waals surface area contributed by atoms with Crippen LogP contribution < -0.4 is 10.2 Å². The van der Waals surface area contributed by atoms with Crippen LogP contribution in [0.5, 0.6) is 0 Å². The lowest BCUT2D eigenvalue weighted by Crippen LogP contribution is -2.37. The summed E-state index contributed by atoms with van der Waals surface area (Å²) in [6.45, 7) is 4.92. The van der Waals surface area contributed by atoms with Crippen molar-refractivity contribution in [3.05, 3.63) is 35.5 Å². The van der Waals surface area contributed by atoms with E-state index < -0.39 is 0 Å². The van der Waals surface area contributed by atoms with Gasteiger partial charge >= 0.3 is 0 Å². The summed E-state index contributed by atoms with van der Waals surface area (Å²) in [7, 11) is 1.94. The molecule has 0 atom stereocenters. The molecule has 2 heterocycles. The second kappa shape index (κ2) is 6.78. The van der Waals surface area contributed by atoms with E-state index in [1.54, 1.807) is 0 Å². The molecule has 0 saturated heterocycles. The summed E-state index contributed by atoms with van der Waals surface area (Å²) in [6.07, 6.45) is 7.49. The number of hydrogen-bond donors (Lipinski definition) is 1. The molecule has 5 nitrogen and oxygen atoms in total. The van der Waals surface area contributed by atoms with Gasteiger partial charge in [-0.25, -0.2) is 0 Å². The van der Waals surface area contributed by atoms with Gasteiger partial charge in [-0.05, 0) is 56.2 Å². The molecule has 2 aliphatic rings. The SMILES string of the molecule is CCC1CCC(C(=O)N2Cc3cnn(C)c3Nc3cc(C)ccc32)CC1. The van der Waals surface area contributed by atoms with E-state index in [4.69, 9.17) is 0 Å². The molecule has 1 N–H and O–H groups in total. The molecule has 1 fully saturated rings. The van der Waals surface area contributed by atoms with Crippen molar-refractivity contribution in [1.82, 2.24) is 9.78 Å². The van der Waals surface area contributed by atoms with Gasteiger partial charge in [0.05, 0.1) is 24.1 Å². The number of nitrogens with one attached hydrogen (secondary N) is 1. The number of benzene rings is 1. The quantitative estimate of drug-likeness (QED) is 0.863. The maximum Gasteiger partial charge on any atom is 0.230 e. The minimum absolute atomic E-state index is 0.144. The number of carbonyl (C=O) groups is 1. The fourth-order valence-corrected chi connectivity index (χ4v) is 4.36. The number of aromatic nitrogens is 2. The molecule has 0 spiro atoms. The average molecular weight is 352 g/mol. The zero-order valence-electron chi connectivity index (χ0n) is 16.0. The second-order valence-electron chi connectivity index (χ2n) is 7.84. The molecule has 1 aromatic heterocycles. The van der Waals surface area contributed by atoms with Crippen LogP contribution in [0, 0.1) is 18.8 Å². The van der Waals surface area contributed by atoms with Crippen molar-refractivity contribution in [2.75, 3.05) is 10.2 Å². The Labute approximate surface area is 155 Å². The maximum atomic E-state index is 13.4. The first-order chi connectivity index (χ1) is 12.6. The molecule has 138 valence electrons. The van der Waals surface area contributed by atoms with Crippen molar-refractivity contribution in [3.63, 3.8) is 0 Å². The molecule has 0 radical (unpaired) electrons. The summed E-state index contributed by atoms with van der Waals surface area (Å²) >= 11 is 0. The Morgan fingerprint density at radius 1 is 1.27 bits per heavy atom. The van der Waals surface area contributed by atoms with E-state index in [0.29, 0.717) is 6.54 Å². The van der Waals surface area contributed by atoms with Gasteiger partial charge in [-0.2, -0.15) is 5.10 Å². The van der Waals surface area contributed by atoms with Gasteiger partial charge in [0.25, 0.3) is 0 Å². The monoisotopic (exact) mass is 352 g/mol. The molecule has 1 amide bonds. The molecule has 1 aliphatic heterocycles. The van der Waals surface area contributed by atoms with Gasteiger partial charge in [-0.3, -0.25) is 9.48 Å². The highest BCUT2D eigenvalue weighted by atomic mass is 16.2. The van der Waals surface area contributed by atoms with Gasteiger partial charge in [0.15, 0.2) is 0 Å². The first kappa shape index (κ1) is 17.1. The van der Waals surface area contributed by atoms with Crippen LogP contribution in [-0.4, -0.2) is 15.7 Å². The molecule has 0 bridgehead atoms. The van der Waals surface area contributed by atoms with Gasteiger partial charge in [0.2, 0.25) is 5.91 Å². The summed E-state index contributed by atoms with van der Waals surface area (Å²) in [5, 5.41) is 7.88. The molecule has 4 rings (SSSR count). The Balaban J connectivity index is 1.68. The largest absolute Gasteiger partial charge is 0.338 e. The number of hydrogen-bond acceptors (Lipinski definition) is 3. The number of rotatable bonds is 2. The van der Waals surface area contributed by atoms with Crippen molar-refractivity contribution < 1.29 is 4.79 Å². The number of anilines is 3. The van der Waals surface area contributed by atoms with Gasteiger partial charge < -0.3 is 10.2 Å². The summed E-state index contributed by atoms with van der Waals surface area (Å²) < 4.78 is 1.85. The van der Waals surface area contributed by atoms with Crippen molar-refractivity contribution in [3.8, 4) is 0 Å². The zero-order valence-corrected chi connectivity index (χ0v) is 16.0. The van der Waals surface area contributed by atoms with E-state index in [0.717, 1.165) is 41.5 Å². The third-order valence-corrected chi connectivity index (χ3v) is 6.08. The lowest BCUT2D eigenvalue weighted by Gasteiger charge is -2.32. The van der Waals surface area contributed by atoms with Gasteiger partial charge in [-0.15, -0.1) is 0 Å². The summed E-state index contributed by atoms with van der Waals surface area (Å²) in [5.41, 5.74) is 4.21. The predicted octanol–water partition coefficient (Wildman–Crippen LogP) is 4.54. The minimum Gasteiger partial charge on any atom is -0.338 e. The van der Waals surface area contributed by atoms with Crippen LogP contribution in [0.25, 0.3) is 0 Å². The van der Waals surface area contributed by atoms with E-state index in [1.807, 2.05) is 22.8 Å². The molecule has 5 heteroatoms. The van der Waals surface area contributed by atoms with Crippen LogP contribution in [0.3, 0.4) is 0 Å². The smallest absolute Gasteiger partial charge is 0.230 e. The molecule has 1 aromatic carbocycles. The highest BCUT2D eigenvalue weighted by molar-refractivity contribution is 5.99. The molecule has 1 aliphatic carbocycles. The number of amides is 1. The molecular weight excluding hydrogens is 324 g/mol. The van der Waals surface area contributed by atoms with Crippen LogP contribution in [0.4, 0.5) is 17.2 Å². The van der Waals surface area contributed by atoms with Gasteiger partial charge in [0, 0.05) is 18.5 Å². The first-order valence-electron chi connectivity index (χ1n) is 9.76. The molecule has 26 heavy (non-hydrogen) atoms. The Kier molecular flexibility index (Phi) is 4.47. The van der Waals surface area contributed by atoms with Gasteiger partial charge in [-0.1, -0.05) is 19.4 Å². The Hall–Kier alpha value is -2.30. The van der Waals surface area contributed by atoms with Crippen molar-refractivity contribution in [2.45, 2.75) is 52.5 Å². The zero-order chi connectivity index (χ0) is 18.3. The molecule has 2 aromatic rings. The predicted molar refractivity (Wildman–Crippen MR) is 105 cm³/mol. The summed E-state index contributed by atoms with van der Waals surface area (Å²) in [6, 6.07) is 6.28. The topological polar surface area (TPSA) is 50.2 Å². The van der Waals surface area contributed by atoms with Crippen molar-refractivity contribution in [1.29, 1.82) is 0 Å². The van der Waals surface area contributed by atoms with Gasteiger partial charge in [0.1, 0.15) is 5.82 Å². The number of fused-ring (bicyclic) bond motifs is 2. The summed E-state index contributed by atoms with van der Waals surface area (Å²) in [5.74, 6) is 2.18. The Morgan fingerprint density at radius 3 is 2.77 bits per heavy atom. The highest BCUT2D eigenvalue weighted by Crippen LogP contribution is 2.39. The third-order valence-electron chi connectivity index (χ3n) is 6.08. The van der Waals surface area contributed by atoms with E-state index >= 15 is 0 Å². The van der Waals surface area contributed by atoms with Crippen LogP contribution in [0.1, 0.15) is 50.2 Å².